The van der Waals surface area contributed by atoms with Crippen LogP contribution < -0.4 is 9.64 Å². The number of carbonyl (C=O) groups excluding carboxylic acids is 2. The van der Waals surface area contributed by atoms with E-state index in [0.717, 1.165) is 27.9 Å². The SMILES string of the molecule is CC(=O)c1ccc(N2CCN(C(=O)COc3ccc(I)cc3)CC2)cc1. The standard InChI is InChI=1S/C20H21IN2O3/c1-15(24)16-2-6-18(7-3-16)22-10-12-23(13-11-22)20(25)14-26-19-8-4-17(21)5-9-19/h2-9H,10-14H2,1H3. The van der Waals surface area contributed by atoms with Crippen LogP contribution in [0.3, 0.4) is 0 Å². The van der Waals surface area contributed by atoms with Gasteiger partial charge < -0.3 is 14.5 Å². The molecule has 0 spiro atoms. The van der Waals surface area contributed by atoms with Crippen LogP contribution >= 0.6 is 22.6 Å². The average Bonchev–Trinajstić information content (AvgIpc) is 2.67. The summed E-state index contributed by atoms with van der Waals surface area (Å²) in [4.78, 5) is 27.8. The van der Waals surface area contributed by atoms with Gasteiger partial charge in [0, 0.05) is 41.0 Å². The number of carbonyl (C=O) groups is 2. The molecule has 1 saturated heterocycles. The predicted molar refractivity (Wildman–Crippen MR) is 110 cm³/mol. The fourth-order valence-electron chi connectivity index (χ4n) is 2.89. The molecule has 0 aliphatic carbocycles. The lowest BCUT2D eigenvalue weighted by Crippen LogP contribution is -2.50. The van der Waals surface area contributed by atoms with Gasteiger partial charge in [-0.15, -0.1) is 0 Å². The van der Waals surface area contributed by atoms with Gasteiger partial charge in [-0.05, 0) is 78.0 Å². The first-order valence-electron chi connectivity index (χ1n) is 8.55. The van der Waals surface area contributed by atoms with Crippen LogP contribution in [0, 0.1) is 3.57 Å². The maximum atomic E-state index is 12.3. The molecular formula is C20H21IN2O3. The van der Waals surface area contributed by atoms with Gasteiger partial charge in [0.25, 0.3) is 5.91 Å². The van der Waals surface area contributed by atoms with Crippen molar-refractivity contribution in [1.82, 2.24) is 4.90 Å². The molecule has 1 heterocycles. The molecule has 1 aliphatic rings. The van der Waals surface area contributed by atoms with E-state index in [4.69, 9.17) is 4.74 Å². The monoisotopic (exact) mass is 464 g/mol. The summed E-state index contributed by atoms with van der Waals surface area (Å²) in [6.45, 7) is 4.52. The zero-order valence-corrected chi connectivity index (χ0v) is 16.8. The fourth-order valence-corrected chi connectivity index (χ4v) is 3.25. The molecule has 0 saturated carbocycles. The normalized spacial score (nSPS) is 14.2. The van der Waals surface area contributed by atoms with Crippen LogP contribution in [0.2, 0.25) is 0 Å². The van der Waals surface area contributed by atoms with Crippen LogP contribution in [-0.4, -0.2) is 49.4 Å². The second kappa shape index (κ2) is 8.53. The molecule has 2 aromatic rings. The first kappa shape index (κ1) is 18.7. The topological polar surface area (TPSA) is 49.9 Å². The summed E-state index contributed by atoms with van der Waals surface area (Å²) in [5.74, 6) is 0.790. The van der Waals surface area contributed by atoms with E-state index in [2.05, 4.69) is 27.5 Å². The average molecular weight is 464 g/mol. The molecule has 0 N–H and O–H groups in total. The zero-order chi connectivity index (χ0) is 18.5. The highest BCUT2D eigenvalue weighted by atomic mass is 127. The molecule has 3 rings (SSSR count). The van der Waals surface area contributed by atoms with Gasteiger partial charge in [0.15, 0.2) is 12.4 Å². The number of rotatable bonds is 5. The number of halogens is 1. The van der Waals surface area contributed by atoms with Gasteiger partial charge in [-0.3, -0.25) is 9.59 Å². The van der Waals surface area contributed by atoms with E-state index < -0.39 is 0 Å². The van der Waals surface area contributed by atoms with Gasteiger partial charge in [0.05, 0.1) is 0 Å². The Morgan fingerprint density at radius 2 is 1.58 bits per heavy atom. The van der Waals surface area contributed by atoms with E-state index in [1.165, 1.54) is 0 Å². The maximum Gasteiger partial charge on any atom is 0.260 e. The summed E-state index contributed by atoms with van der Waals surface area (Å²) in [7, 11) is 0. The number of hydrogen-bond acceptors (Lipinski definition) is 4. The lowest BCUT2D eigenvalue weighted by molar-refractivity contribution is -0.133. The Morgan fingerprint density at radius 1 is 0.962 bits per heavy atom. The van der Waals surface area contributed by atoms with Crippen molar-refractivity contribution < 1.29 is 14.3 Å². The van der Waals surface area contributed by atoms with Crippen molar-refractivity contribution in [3.63, 3.8) is 0 Å². The molecule has 0 radical (unpaired) electrons. The molecule has 136 valence electrons. The number of anilines is 1. The van der Waals surface area contributed by atoms with E-state index in [-0.39, 0.29) is 18.3 Å². The first-order chi connectivity index (χ1) is 12.5. The van der Waals surface area contributed by atoms with Gasteiger partial charge in [-0.2, -0.15) is 0 Å². The van der Waals surface area contributed by atoms with Gasteiger partial charge in [-0.25, -0.2) is 0 Å². The largest absolute Gasteiger partial charge is 0.484 e. The number of benzene rings is 2. The number of amides is 1. The van der Waals surface area contributed by atoms with Gasteiger partial charge >= 0.3 is 0 Å². The molecule has 0 aromatic heterocycles. The van der Waals surface area contributed by atoms with E-state index >= 15 is 0 Å². The highest BCUT2D eigenvalue weighted by molar-refractivity contribution is 14.1. The minimum atomic E-state index is 0.00938. The van der Waals surface area contributed by atoms with E-state index in [1.54, 1.807) is 6.92 Å². The molecule has 1 amide bonds. The van der Waals surface area contributed by atoms with E-state index in [1.807, 2.05) is 53.4 Å². The van der Waals surface area contributed by atoms with Crippen molar-refractivity contribution in [3.05, 3.63) is 57.7 Å². The quantitative estimate of drug-likeness (QED) is 0.504. The third-order valence-corrected chi connectivity index (χ3v) is 5.17. The minimum Gasteiger partial charge on any atom is -0.484 e. The number of nitrogens with zero attached hydrogens (tertiary/aromatic N) is 2. The summed E-state index contributed by atoms with van der Waals surface area (Å²) in [5.41, 5.74) is 1.80. The second-order valence-corrected chi connectivity index (χ2v) is 7.46. The molecule has 1 fully saturated rings. The molecule has 5 nitrogen and oxygen atoms in total. The Hall–Kier alpha value is -2.09. The lowest BCUT2D eigenvalue weighted by Gasteiger charge is -2.36. The van der Waals surface area contributed by atoms with Gasteiger partial charge in [0.2, 0.25) is 0 Å². The Kier molecular flexibility index (Phi) is 6.13. The Morgan fingerprint density at radius 3 is 2.15 bits per heavy atom. The molecule has 0 atom stereocenters. The van der Waals surface area contributed by atoms with Crippen LogP contribution in [0.25, 0.3) is 0 Å². The molecule has 1 aliphatic heterocycles. The van der Waals surface area contributed by atoms with E-state index in [9.17, 15) is 9.59 Å². The molecule has 26 heavy (non-hydrogen) atoms. The molecule has 0 bridgehead atoms. The number of piperazine rings is 1. The minimum absolute atomic E-state index is 0.00938. The zero-order valence-electron chi connectivity index (χ0n) is 14.7. The van der Waals surface area contributed by atoms with Crippen molar-refractivity contribution in [1.29, 1.82) is 0 Å². The predicted octanol–water partition coefficient (Wildman–Crippen LogP) is 3.22. The fraction of sp³-hybridized carbons (Fsp3) is 0.300. The molecule has 2 aromatic carbocycles. The van der Waals surface area contributed by atoms with Crippen molar-refractivity contribution in [2.45, 2.75) is 6.92 Å². The Balaban J connectivity index is 1.48. The van der Waals surface area contributed by atoms with Crippen LogP contribution in [0.4, 0.5) is 5.69 Å². The first-order valence-corrected chi connectivity index (χ1v) is 9.63. The summed E-state index contributed by atoms with van der Waals surface area (Å²) in [6.07, 6.45) is 0. The van der Waals surface area contributed by atoms with Crippen molar-refractivity contribution in [2.75, 3.05) is 37.7 Å². The van der Waals surface area contributed by atoms with E-state index in [0.29, 0.717) is 18.8 Å². The Labute approximate surface area is 167 Å². The number of hydrogen-bond donors (Lipinski definition) is 0. The summed E-state index contributed by atoms with van der Waals surface area (Å²) in [6, 6.07) is 15.3. The Bertz CT molecular complexity index is 767. The number of ether oxygens (including phenoxy) is 1. The van der Waals surface area contributed by atoms with Crippen LogP contribution in [0.15, 0.2) is 48.5 Å². The lowest BCUT2D eigenvalue weighted by atomic mass is 10.1. The number of ketones is 1. The van der Waals surface area contributed by atoms with Gasteiger partial charge in [-0.1, -0.05) is 0 Å². The van der Waals surface area contributed by atoms with Crippen molar-refractivity contribution in [2.24, 2.45) is 0 Å². The van der Waals surface area contributed by atoms with Gasteiger partial charge in [0.1, 0.15) is 5.75 Å². The highest BCUT2D eigenvalue weighted by Crippen LogP contribution is 2.18. The summed E-state index contributed by atoms with van der Waals surface area (Å²) >= 11 is 2.23. The summed E-state index contributed by atoms with van der Waals surface area (Å²) < 4.78 is 6.72. The molecular weight excluding hydrogens is 443 g/mol. The van der Waals surface area contributed by atoms with Crippen LogP contribution in [0.5, 0.6) is 5.75 Å². The number of Topliss-reactive ketones (excluding diaryl/α,β-unsaturated/α-hetero) is 1. The summed E-state index contributed by atoms with van der Waals surface area (Å²) in [5, 5.41) is 0. The smallest absolute Gasteiger partial charge is 0.260 e. The van der Waals surface area contributed by atoms with Crippen LogP contribution in [-0.2, 0) is 4.79 Å². The van der Waals surface area contributed by atoms with Crippen molar-refractivity contribution >= 4 is 40.0 Å². The second-order valence-electron chi connectivity index (χ2n) is 6.21. The maximum absolute atomic E-state index is 12.3. The highest BCUT2D eigenvalue weighted by Gasteiger charge is 2.21. The van der Waals surface area contributed by atoms with Crippen molar-refractivity contribution in [3.8, 4) is 5.75 Å². The third-order valence-electron chi connectivity index (χ3n) is 4.45. The molecule has 6 heteroatoms. The molecule has 0 unspecified atom stereocenters. The van der Waals surface area contributed by atoms with Crippen LogP contribution in [0.1, 0.15) is 17.3 Å². The third kappa shape index (κ3) is 4.75.